The maximum absolute atomic E-state index is 12.2. The Morgan fingerprint density at radius 2 is 1.53 bits per heavy atom. The van der Waals surface area contributed by atoms with Gasteiger partial charge in [0.15, 0.2) is 22.6 Å². The lowest BCUT2D eigenvalue weighted by molar-refractivity contribution is -0.454. The molecule has 0 aliphatic carbocycles. The van der Waals surface area contributed by atoms with Crippen molar-refractivity contribution in [3.05, 3.63) is 83.6 Å². The predicted octanol–water partition coefficient (Wildman–Crippen LogP) is 4.76. The fraction of sp³-hybridized carbons (Fsp3) is 0.375. The van der Waals surface area contributed by atoms with E-state index in [4.69, 9.17) is 4.74 Å². The van der Waals surface area contributed by atoms with E-state index < -0.39 is 9.84 Å². The van der Waals surface area contributed by atoms with Crippen LogP contribution >= 0.6 is 0 Å². The van der Waals surface area contributed by atoms with Crippen LogP contribution in [0.25, 0.3) is 0 Å². The molecule has 0 heterocycles. The molecule has 0 unspecified atom stereocenters. The molecule has 0 aliphatic rings. The van der Waals surface area contributed by atoms with Gasteiger partial charge in [0.05, 0.1) is 23.9 Å². The molecule has 6 heteroatoms. The quantitative estimate of drug-likeness (QED) is 0.108. The van der Waals surface area contributed by atoms with E-state index in [1.807, 2.05) is 30.3 Å². The molecule has 0 spiro atoms. The van der Waals surface area contributed by atoms with Crippen LogP contribution in [0.1, 0.15) is 37.7 Å². The first-order valence-corrected chi connectivity index (χ1v) is 12.0. The van der Waals surface area contributed by atoms with E-state index in [0.717, 1.165) is 24.0 Å². The molecule has 0 bridgehead atoms. The number of rotatable bonds is 14. The van der Waals surface area contributed by atoms with Crippen LogP contribution in [0.4, 0.5) is 0 Å². The Hall–Kier alpha value is -2.44. The second-order valence-corrected chi connectivity index (χ2v) is 9.15. The van der Waals surface area contributed by atoms with E-state index in [1.165, 1.54) is 5.56 Å². The normalized spacial score (nSPS) is 12.5. The van der Waals surface area contributed by atoms with Crippen molar-refractivity contribution in [1.29, 1.82) is 0 Å². The van der Waals surface area contributed by atoms with Crippen LogP contribution in [-0.2, 0) is 21.2 Å². The Bertz CT molecular complexity index is 878. The van der Waals surface area contributed by atoms with E-state index in [9.17, 15) is 13.6 Å². The van der Waals surface area contributed by atoms with Gasteiger partial charge in [-0.2, -0.15) is 0 Å². The SMILES string of the molecule is O=S(=O)(CCC/C=[N+](\[O-])CCC/C=C\CCOCc1ccccc1)c1ccccc1. The third-order valence-corrected chi connectivity index (χ3v) is 6.33. The number of hydrogen-bond acceptors (Lipinski definition) is 4. The number of hydrogen-bond donors (Lipinski definition) is 0. The first kappa shape index (κ1) is 23.8. The summed E-state index contributed by atoms with van der Waals surface area (Å²) in [5.41, 5.74) is 1.17. The van der Waals surface area contributed by atoms with Crippen LogP contribution in [0.5, 0.6) is 0 Å². The van der Waals surface area contributed by atoms with E-state index >= 15 is 0 Å². The van der Waals surface area contributed by atoms with Crippen LogP contribution in [0.15, 0.2) is 77.7 Å². The van der Waals surface area contributed by atoms with Crippen molar-refractivity contribution in [3.63, 3.8) is 0 Å². The number of allylic oxidation sites excluding steroid dienone is 1. The average Bonchev–Trinajstić information content (AvgIpc) is 2.77. The molecule has 30 heavy (non-hydrogen) atoms. The molecule has 0 aromatic heterocycles. The van der Waals surface area contributed by atoms with Crippen molar-refractivity contribution in [2.24, 2.45) is 0 Å². The second kappa shape index (κ2) is 13.7. The van der Waals surface area contributed by atoms with Crippen molar-refractivity contribution < 1.29 is 17.9 Å². The van der Waals surface area contributed by atoms with Crippen molar-refractivity contribution in [1.82, 2.24) is 0 Å². The molecule has 5 nitrogen and oxygen atoms in total. The first-order chi connectivity index (χ1) is 14.6. The fourth-order valence-electron chi connectivity index (χ4n) is 2.86. The van der Waals surface area contributed by atoms with Gasteiger partial charge < -0.3 is 9.94 Å². The summed E-state index contributed by atoms with van der Waals surface area (Å²) < 4.78 is 30.9. The van der Waals surface area contributed by atoms with Gasteiger partial charge in [0.1, 0.15) is 0 Å². The minimum atomic E-state index is -3.27. The highest BCUT2D eigenvalue weighted by atomic mass is 32.2. The fourth-order valence-corrected chi connectivity index (χ4v) is 4.22. The van der Waals surface area contributed by atoms with Gasteiger partial charge in [-0.05, 0) is 37.0 Å². The van der Waals surface area contributed by atoms with Gasteiger partial charge in [-0.1, -0.05) is 60.7 Å². The monoisotopic (exact) mass is 429 g/mol. The number of unbranched alkanes of at least 4 members (excludes halogenated alkanes) is 2. The molecule has 162 valence electrons. The lowest BCUT2D eigenvalue weighted by Gasteiger charge is -2.04. The third kappa shape index (κ3) is 9.85. The molecule has 0 saturated carbocycles. The predicted molar refractivity (Wildman–Crippen MR) is 121 cm³/mol. The molecule has 2 rings (SSSR count). The largest absolute Gasteiger partial charge is 0.624 e. The number of benzene rings is 2. The Morgan fingerprint density at radius 3 is 2.27 bits per heavy atom. The van der Waals surface area contributed by atoms with E-state index in [0.29, 0.717) is 37.5 Å². The molecular formula is C24H31NO4S. The smallest absolute Gasteiger partial charge is 0.178 e. The topological polar surface area (TPSA) is 69.4 Å². The van der Waals surface area contributed by atoms with E-state index in [2.05, 4.69) is 12.2 Å². The zero-order valence-electron chi connectivity index (χ0n) is 17.4. The molecular weight excluding hydrogens is 398 g/mol. The minimum absolute atomic E-state index is 0.0520. The number of nitrogens with zero attached hydrogens (tertiary/aromatic N) is 1. The number of hydroxylamine groups is 1. The highest BCUT2D eigenvalue weighted by Gasteiger charge is 2.12. The molecule has 0 N–H and O–H groups in total. The zero-order chi connectivity index (χ0) is 21.5. The van der Waals surface area contributed by atoms with Crippen LogP contribution in [0.2, 0.25) is 0 Å². The summed E-state index contributed by atoms with van der Waals surface area (Å²) >= 11 is 0. The molecule has 0 fully saturated rings. The summed E-state index contributed by atoms with van der Waals surface area (Å²) in [6.45, 7) is 1.72. The highest BCUT2D eigenvalue weighted by Crippen LogP contribution is 2.11. The third-order valence-electron chi connectivity index (χ3n) is 4.51. The summed E-state index contributed by atoms with van der Waals surface area (Å²) in [7, 11) is -3.27. The highest BCUT2D eigenvalue weighted by molar-refractivity contribution is 7.91. The van der Waals surface area contributed by atoms with Crippen molar-refractivity contribution in [2.45, 2.75) is 43.6 Å². The van der Waals surface area contributed by atoms with Gasteiger partial charge in [-0.3, -0.25) is 0 Å². The van der Waals surface area contributed by atoms with Gasteiger partial charge >= 0.3 is 0 Å². The number of ether oxygens (including phenoxy) is 1. The van der Waals surface area contributed by atoms with Gasteiger partial charge in [0.25, 0.3) is 0 Å². The van der Waals surface area contributed by atoms with Crippen molar-refractivity contribution in [2.75, 3.05) is 18.9 Å². The van der Waals surface area contributed by atoms with Crippen molar-refractivity contribution in [3.8, 4) is 0 Å². The maximum Gasteiger partial charge on any atom is 0.178 e. The van der Waals surface area contributed by atoms with Gasteiger partial charge in [0, 0.05) is 12.8 Å². The van der Waals surface area contributed by atoms with Gasteiger partial charge in [0.2, 0.25) is 0 Å². The Balaban J connectivity index is 1.50. The molecule has 2 aromatic carbocycles. The van der Waals surface area contributed by atoms with Gasteiger partial charge in [-0.25, -0.2) is 13.2 Å². The molecule has 2 aromatic rings. The maximum atomic E-state index is 12.2. The summed E-state index contributed by atoms with van der Waals surface area (Å²) in [5, 5.41) is 11.8. The lowest BCUT2D eigenvalue weighted by Crippen LogP contribution is -2.10. The molecule has 0 saturated heterocycles. The average molecular weight is 430 g/mol. The zero-order valence-corrected chi connectivity index (χ0v) is 18.2. The minimum Gasteiger partial charge on any atom is -0.624 e. The van der Waals surface area contributed by atoms with Crippen LogP contribution in [0, 0.1) is 5.21 Å². The van der Waals surface area contributed by atoms with Crippen LogP contribution < -0.4 is 0 Å². The Labute approximate surface area is 180 Å². The summed E-state index contributed by atoms with van der Waals surface area (Å²) in [4.78, 5) is 0.334. The number of sulfone groups is 1. The summed E-state index contributed by atoms with van der Waals surface area (Å²) in [6, 6.07) is 18.5. The second-order valence-electron chi connectivity index (χ2n) is 7.04. The van der Waals surface area contributed by atoms with Crippen LogP contribution in [0.3, 0.4) is 0 Å². The molecule has 0 aliphatic heterocycles. The van der Waals surface area contributed by atoms with E-state index in [1.54, 1.807) is 36.5 Å². The molecule has 0 amide bonds. The van der Waals surface area contributed by atoms with Crippen LogP contribution in [-0.4, -0.2) is 38.3 Å². The Kier molecular flexibility index (Phi) is 10.9. The van der Waals surface area contributed by atoms with Crippen molar-refractivity contribution >= 4 is 16.1 Å². The van der Waals surface area contributed by atoms with E-state index in [-0.39, 0.29) is 5.75 Å². The Morgan fingerprint density at radius 1 is 0.867 bits per heavy atom. The standard InChI is InChI=1S/C24H31NO4S/c26-25(19-11-13-21-30(27,28)24-16-8-5-9-17-24)18-10-2-1-3-12-20-29-22-23-14-6-4-7-15-23/h1,3-9,14-17,19H,2,10-13,18,20-22H2/b3-1-,25-19-. The molecule has 0 radical (unpaired) electrons. The summed E-state index contributed by atoms with van der Waals surface area (Å²) in [6.07, 6.45) is 9.07. The lowest BCUT2D eigenvalue weighted by atomic mass is 10.2. The van der Waals surface area contributed by atoms with Gasteiger partial charge in [-0.15, -0.1) is 0 Å². The first-order valence-electron chi connectivity index (χ1n) is 10.4. The molecule has 0 atom stereocenters. The summed E-state index contributed by atoms with van der Waals surface area (Å²) in [5.74, 6) is 0.0520.